The van der Waals surface area contributed by atoms with Gasteiger partial charge in [-0.15, -0.1) is 0 Å². The molecule has 0 aliphatic rings. The first kappa shape index (κ1) is 15.3. The SMILES string of the molecule is CCC(C)(C)C(O)(P(=O)(O)O)P(=O)(O)O. The van der Waals surface area contributed by atoms with Crippen LogP contribution in [0.5, 0.6) is 0 Å². The largest absolute Gasteiger partial charge is 0.370 e. The Bertz CT molecular complexity index is 302. The molecule has 0 radical (unpaired) electrons. The summed E-state index contributed by atoms with van der Waals surface area (Å²) in [6.07, 6.45) is -0.000278. The van der Waals surface area contributed by atoms with E-state index in [1.54, 1.807) is 0 Å². The van der Waals surface area contributed by atoms with Crippen molar-refractivity contribution in [1.82, 2.24) is 0 Å². The summed E-state index contributed by atoms with van der Waals surface area (Å²) in [6.45, 7) is 3.84. The fourth-order valence-corrected chi connectivity index (χ4v) is 4.45. The van der Waals surface area contributed by atoms with Gasteiger partial charge in [0.1, 0.15) is 0 Å². The number of rotatable bonds is 4. The van der Waals surface area contributed by atoms with Gasteiger partial charge in [0.05, 0.1) is 0 Å². The highest BCUT2D eigenvalue weighted by Gasteiger charge is 2.67. The third-order valence-electron chi connectivity index (χ3n) is 2.60. The van der Waals surface area contributed by atoms with E-state index in [1.807, 2.05) is 0 Å². The summed E-state index contributed by atoms with van der Waals surface area (Å²) in [6, 6.07) is 0. The van der Waals surface area contributed by atoms with Gasteiger partial charge in [-0.3, -0.25) is 9.13 Å². The van der Waals surface area contributed by atoms with E-state index in [0.717, 1.165) is 0 Å². The van der Waals surface area contributed by atoms with Crippen molar-refractivity contribution in [2.24, 2.45) is 5.41 Å². The molecular weight excluding hydrogens is 246 g/mol. The Hall–Kier alpha value is 0.260. The molecule has 9 heteroatoms. The molecular formula is C6H16O7P2. The van der Waals surface area contributed by atoms with E-state index in [2.05, 4.69) is 0 Å². The van der Waals surface area contributed by atoms with Crippen molar-refractivity contribution in [3.05, 3.63) is 0 Å². The van der Waals surface area contributed by atoms with Gasteiger partial charge in [0, 0.05) is 5.41 Å². The molecule has 0 atom stereocenters. The molecule has 0 fully saturated rings. The molecule has 0 amide bonds. The lowest BCUT2D eigenvalue weighted by atomic mass is 9.91. The molecule has 0 bridgehead atoms. The van der Waals surface area contributed by atoms with Gasteiger partial charge in [-0.05, 0) is 6.42 Å². The first-order valence-electron chi connectivity index (χ1n) is 4.15. The Morgan fingerprint density at radius 2 is 1.27 bits per heavy atom. The van der Waals surface area contributed by atoms with Crippen LogP contribution in [0, 0.1) is 5.41 Å². The predicted molar refractivity (Wildman–Crippen MR) is 53.1 cm³/mol. The number of hydrogen-bond acceptors (Lipinski definition) is 3. The van der Waals surface area contributed by atoms with E-state index in [9.17, 15) is 14.2 Å². The van der Waals surface area contributed by atoms with Crippen LogP contribution in [0.1, 0.15) is 27.2 Å². The maximum Gasteiger partial charge on any atom is 0.370 e. The van der Waals surface area contributed by atoms with E-state index < -0.39 is 25.7 Å². The van der Waals surface area contributed by atoms with Crippen molar-refractivity contribution >= 4 is 15.2 Å². The summed E-state index contributed by atoms with van der Waals surface area (Å²) in [7, 11) is -10.7. The van der Waals surface area contributed by atoms with Gasteiger partial charge in [-0.1, -0.05) is 20.8 Å². The van der Waals surface area contributed by atoms with Gasteiger partial charge in [0.2, 0.25) is 0 Å². The van der Waals surface area contributed by atoms with Gasteiger partial charge in [0.25, 0.3) is 5.08 Å². The third-order valence-corrected chi connectivity index (χ3v) is 7.00. The molecule has 0 aromatic rings. The molecule has 15 heavy (non-hydrogen) atoms. The number of hydrogen-bond donors (Lipinski definition) is 5. The Balaban J connectivity index is 5.88. The molecule has 0 rings (SSSR count). The van der Waals surface area contributed by atoms with Crippen LogP contribution >= 0.6 is 15.2 Å². The molecule has 0 aromatic heterocycles. The van der Waals surface area contributed by atoms with Crippen LogP contribution in [0.2, 0.25) is 0 Å². The number of aliphatic hydroxyl groups is 1. The van der Waals surface area contributed by atoms with Gasteiger partial charge in [-0.25, -0.2) is 0 Å². The van der Waals surface area contributed by atoms with Gasteiger partial charge in [0.15, 0.2) is 0 Å². The summed E-state index contributed by atoms with van der Waals surface area (Å²) in [5, 5.41) is 6.34. The average Bonchev–Trinajstić information content (AvgIpc) is 1.98. The van der Waals surface area contributed by atoms with Gasteiger partial charge >= 0.3 is 15.2 Å². The zero-order chi connectivity index (χ0) is 12.7. The lowest BCUT2D eigenvalue weighted by Gasteiger charge is -2.41. The summed E-state index contributed by atoms with van der Waals surface area (Å²) in [4.78, 5) is 35.6. The van der Waals surface area contributed by atoms with Crippen molar-refractivity contribution in [2.75, 3.05) is 0 Å². The minimum atomic E-state index is -5.35. The first-order chi connectivity index (χ1) is 6.31. The molecule has 0 saturated carbocycles. The highest BCUT2D eigenvalue weighted by atomic mass is 31.2. The Morgan fingerprint density at radius 1 is 1.00 bits per heavy atom. The maximum atomic E-state index is 11.1. The monoisotopic (exact) mass is 262 g/mol. The fraction of sp³-hybridized carbons (Fsp3) is 1.00. The Kier molecular flexibility index (Phi) is 4.00. The molecule has 5 N–H and O–H groups in total. The van der Waals surface area contributed by atoms with Crippen LogP contribution in [0.25, 0.3) is 0 Å². The zero-order valence-electron chi connectivity index (χ0n) is 8.65. The quantitative estimate of drug-likeness (QED) is 0.463. The van der Waals surface area contributed by atoms with Crippen LogP contribution in [0.4, 0.5) is 0 Å². The van der Waals surface area contributed by atoms with Crippen molar-refractivity contribution < 1.29 is 33.8 Å². The molecule has 0 aliphatic heterocycles. The molecule has 7 nitrogen and oxygen atoms in total. The molecule has 0 aromatic carbocycles. The average molecular weight is 262 g/mol. The second kappa shape index (κ2) is 3.93. The highest BCUT2D eigenvalue weighted by Crippen LogP contribution is 2.74. The summed E-state index contributed by atoms with van der Waals surface area (Å²) < 4.78 is 22.1. The lowest BCUT2D eigenvalue weighted by Crippen LogP contribution is -2.43. The summed E-state index contributed by atoms with van der Waals surface area (Å²) in [5.74, 6) is 0. The first-order valence-corrected chi connectivity index (χ1v) is 7.37. The van der Waals surface area contributed by atoms with Crippen molar-refractivity contribution in [1.29, 1.82) is 0 Å². The van der Waals surface area contributed by atoms with Crippen LogP contribution in [-0.4, -0.2) is 29.8 Å². The Morgan fingerprint density at radius 3 is 1.33 bits per heavy atom. The lowest BCUT2D eigenvalue weighted by molar-refractivity contribution is 0.0284. The normalized spacial score (nSPS) is 15.5. The maximum absolute atomic E-state index is 11.1. The van der Waals surface area contributed by atoms with E-state index in [0.29, 0.717) is 0 Å². The zero-order valence-corrected chi connectivity index (χ0v) is 10.4. The van der Waals surface area contributed by atoms with Gasteiger partial charge < -0.3 is 24.7 Å². The highest BCUT2D eigenvalue weighted by molar-refractivity contribution is 7.72. The second-order valence-corrected chi connectivity index (χ2v) is 7.78. The van der Waals surface area contributed by atoms with Crippen LogP contribution in [0.3, 0.4) is 0 Å². The molecule has 92 valence electrons. The summed E-state index contributed by atoms with van der Waals surface area (Å²) >= 11 is 0. The summed E-state index contributed by atoms with van der Waals surface area (Å²) in [5.41, 5.74) is -1.61. The molecule has 0 aliphatic carbocycles. The predicted octanol–water partition coefficient (Wildman–Crippen LogP) is 0.424. The van der Waals surface area contributed by atoms with Crippen LogP contribution in [-0.2, 0) is 9.13 Å². The molecule has 0 unspecified atom stereocenters. The van der Waals surface area contributed by atoms with Crippen molar-refractivity contribution in [3.63, 3.8) is 0 Å². The fourth-order valence-electron chi connectivity index (χ4n) is 1.20. The Labute approximate surface area is 87.5 Å². The second-order valence-electron chi connectivity index (χ2n) is 3.96. The third kappa shape index (κ3) is 2.34. The van der Waals surface area contributed by atoms with E-state index >= 15 is 0 Å². The minimum absolute atomic E-state index is 0.000278. The van der Waals surface area contributed by atoms with Crippen LogP contribution < -0.4 is 0 Å². The van der Waals surface area contributed by atoms with Crippen molar-refractivity contribution in [3.8, 4) is 0 Å². The minimum Gasteiger partial charge on any atom is -0.367 e. The van der Waals surface area contributed by atoms with E-state index in [4.69, 9.17) is 19.6 Å². The molecule has 0 saturated heterocycles. The smallest absolute Gasteiger partial charge is 0.367 e. The van der Waals surface area contributed by atoms with Crippen LogP contribution in [0.15, 0.2) is 0 Å². The van der Waals surface area contributed by atoms with Gasteiger partial charge in [-0.2, -0.15) is 0 Å². The van der Waals surface area contributed by atoms with E-state index in [1.165, 1.54) is 20.8 Å². The molecule has 0 spiro atoms. The van der Waals surface area contributed by atoms with E-state index in [-0.39, 0.29) is 6.42 Å². The topological polar surface area (TPSA) is 135 Å². The standard InChI is InChI=1S/C6H16O7P2/c1-4-5(2,3)6(7,14(8,9)10)15(11,12)13/h7H,4H2,1-3H3,(H2,8,9,10)(H2,11,12,13). The van der Waals surface area contributed by atoms with Crippen molar-refractivity contribution in [2.45, 2.75) is 32.3 Å². The molecule has 0 heterocycles.